The summed E-state index contributed by atoms with van der Waals surface area (Å²) in [5, 5.41) is 8.72. The summed E-state index contributed by atoms with van der Waals surface area (Å²) in [5.41, 5.74) is 0. The fraction of sp³-hybridized carbons (Fsp3) is 0.818. The number of hydrogen-bond acceptors (Lipinski definition) is 3. The van der Waals surface area contributed by atoms with Gasteiger partial charge in [0.15, 0.2) is 0 Å². The van der Waals surface area contributed by atoms with Crippen molar-refractivity contribution in [1.82, 2.24) is 9.80 Å². The number of carbonyl (C=O) groups excluding carboxylic acids is 1. The molecule has 0 heterocycles. The lowest BCUT2D eigenvalue weighted by Crippen LogP contribution is -2.44. The van der Waals surface area contributed by atoms with Crippen LogP contribution in [-0.4, -0.2) is 67.3 Å². The molecule has 0 saturated heterocycles. The quantitative estimate of drug-likeness (QED) is 0.645. The van der Waals surface area contributed by atoms with Gasteiger partial charge in [-0.25, -0.2) is 4.79 Å². The zero-order valence-corrected chi connectivity index (χ0v) is 10.8. The molecule has 0 rings (SSSR count). The maximum atomic E-state index is 11.9. The molecule has 0 radical (unpaired) electrons. The topological polar surface area (TPSA) is 70.1 Å². The van der Waals surface area contributed by atoms with Crippen molar-refractivity contribution in [3.8, 4) is 0 Å². The van der Waals surface area contributed by atoms with Crippen LogP contribution < -0.4 is 0 Å². The normalized spacial score (nSPS) is 10.1. The SMILES string of the molecule is CCCN(CC(=O)O)C(=O)N(C)CCCOC. The molecule has 0 saturated carbocycles. The maximum Gasteiger partial charge on any atom is 0.323 e. The van der Waals surface area contributed by atoms with Crippen LogP contribution >= 0.6 is 0 Å². The zero-order valence-electron chi connectivity index (χ0n) is 10.8. The largest absolute Gasteiger partial charge is 0.480 e. The van der Waals surface area contributed by atoms with Gasteiger partial charge in [-0.1, -0.05) is 6.92 Å². The van der Waals surface area contributed by atoms with Gasteiger partial charge in [-0.05, 0) is 12.8 Å². The molecular weight excluding hydrogens is 224 g/mol. The first-order valence-corrected chi connectivity index (χ1v) is 5.73. The average Bonchev–Trinajstić information content (AvgIpc) is 2.27. The number of carbonyl (C=O) groups is 2. The third-order valence-corrected chi connectivity index (χ3v) is 2.26. The minimum absolute atomic E-state index is 0.245. The van der Waals surface area contributed by atoms with Gasteiger partial charge >= 0.3 is 12.0 Å². The van der Waals surface area contributed by atoms with Crippen LogP contribution in [0.5, 0.6) is 0 Å². The van der Waals surface area contributed by atoms with E-state index in [1.54, 1.807) is 14.2 Å². The highest BCUT2D eigenvalue weighted by Gasteiger charge is 2.19. The zero-order chi connectivity index (χ0) is 13.3. The summed E-state index contributed by atoms with van der Waals surface area (Å²) in [7, 11) is 3.28. The number of amides is 2. The minimum atomic E-state index is -0.989. The molecule has 2 amide bonds. The number of carboxylic acid groups (broad SMARTS) is 1. The van der Waals surface area contributed by atoms with E-state index in [0.29, 0.717) is 19.7 Å². The highest BCUT2D eigenvalue weighted by molar-refractivity contribution is 5.80. The summed E-state index contributed by atoms with van der Waals surface area (Å²) < 4.78 is 4.90. The Kier molecular flexibility index (Phi) is 8.13. The van der Waals surface area contributed by atoms with Crippen molar-refractivity contribution in [1.29, 1.82) is 0 Å². The Balaban J connectivity index is 4.22. The van der Waals surface area contributed by atoms with Gasteiger partial charge in [-0.2, -0.15) is 0 Å². The predicted molar refractivity (Wildman–Crippen MR) is 64.0 cm³/mol. The van der Waals surface area contributed by atoms with E-state index in [1.807, 2.05) is 6.92 Å². The van der Waals surface area contributed by atoms with Crippen LogP contribution in [0.2, 0.25) is 0 Å². The number of methoxy groups -OCH3 is 1. The number of urea groups is 1. The van der Waals surface area contributed by atoms with Crippen molar-refractivity contribution in [2.75, 3.05) is 40.4 Å². The third-order valence-electron chi connectivity index (χ3n) is 2.26. The number of rotatable bonds is 8. The molecule has 0 fully saturated rings. The van der Waals surface area contributed by atoms with Crippen molar-refractivity contribution < 1.29 is 19.4 Å². The monoisotopic (exact) mass is 246 g/mol. The first kappa shape index (κ1) is 15.7. The smallest absolute Gasteiger partial charge is 0.323 e. The highest BCUT2D eigenvalue weighted by atomic mass is 16.5. The van der Waals surface area contributed by atoms with Crippen LogP contribution in [-0.2, 0) is 9.53 Å². The van der Waals surface area contributed by atoms with E-state index in [-0.39, 0.29) is 12.6 Å². The Labute approximate surface area is 102 Å². The molecule has 17 heavy (non-hydrogen) atoms. The van der Waals surface area contributed by atoms with E-state index in [0.717, 1.165) is 12.8 Å². The summed E-state index contributed by atoms with van der Waals surface area (Å²) in [6.45, 7) is 3.27. The molecule has 6 heteroatoms. The number of ether oxygens (including phenoxy) is 1. The summed E-state index contributed by atoms with van der Waals surface area (Å²) in [6, 6.07) is -0.245. The summed E-state index contributed by atoms with van der Waals surface area (Å²) in [4.78, 5) is 25.4. The molecular formula is C11H22N2O4. The van der Waals surface area contributed by atoms with Gasteiger partial charge < -0.3 is 19.6 Å². The highest BCUT2D eigenvalue weighted by Crippen LogP contribution is 2.00. The molecule has 0 aromatic rings. The minimum Gasteiger partial charge on any atom is -0.480 e. The second-order valence-corrected chi connectivity index (χ2v) is 3.87. The van der Waals surface area contributed by atoms with Crippen molar-refractivity contribution in [3.63, 3.8) is 0 Å². The number of hydrogen-bond donors (Lipinski definition) is 1. The van der Waals surface area contributed by atoms with E-state index in [2.05, 4.69) is 0 Å². The molecule has 0 aromatic carbocycles. The Hall–Kier alpha value is -1.30. The molecule has 0 aliphatic heterocycles. The molecule has 0 aromatic heterocycles. The van der Waals surface area contributed by atoms with Gasteiger partial charge in [0.25, 0.3) is 0 Å². The Morgan fingerprint density at radius 1 is 1.29 bits per heavy atom. The third kappa shape index (κ3) is 6.78. The number of carboxylic acids is 1. The van der Waals surface area contributed by atoms with Gasteiger partial charge in [-0.3, -0.25) is 4.79 Å². The second-order valence-electron chi connectivity index (χ2n) is 3.87. The lowest BCUT2D eigenvalue weighted by Gasteiger charge is -2.26. The lowest BCUT2D eigenvalue weighted by molar-refractivity contribution is -0.137. The van der Waals surface area contributed by atoms with Crippen LogP contribution in [0.3, 0.4) is 0 Å². The molecule has 100 valence electrons. The second kappa shape index (κ2) is 8.81. The summed E-state index contributed by atoms with van der Waals surface area (Å²) in [5.74, 6) is -0.989. The molecule has 0 aliphatic rings. The summed E-state index contributed by atoms with van der Waals surface area (Å²) in [6.07, 6.45) is 1.48. The van der Waals surface area contributed by atoms with Gasteiger partial charge in [0, 0.05) is 33.9 Å². The summed E-state index contributed by atoms with van der Waals surface area (Å²) >= 11 is 0. The van der Waals surface area contributed by atoms with Crippen LogP contribution in [0.4, 0.5) is 4.79 Å². The fourth-order valence-corrected chi connectivity index (χ4v) is 1.46. The van der Waals surface area contributed by atoms with Crippen molar-refractivity contribution >= 4 is 12.0 Å². The number of nitrogens with zero attached hydrogens (tertiary/aromatic N) is 2. The van der Waals surface area contributed by atoms with Crippen molar-refractivity contribution in [2.45, 2.75) is 19.8 Å². The fourth-order valence-electron chi connectivity index (χ4n) is 1.46. The van der Waals surface area contributed by atoms with E-state index >= 15 is 0 Å². The molecule has 0 spiro atoms. The van der Waals surface area contributed by atoms with Crippen LogP contribution in [0.1, 0.15) is 19.8 Å². The van der Waals surface area contributed by atoms with Gasteiger partial charge in [0.2, 0.25) is 0 Å². The van der Waals surface area contributed by atoms with Crippen molar-refractivity contribution in [2.24, 2.45) is 0 Å². The molecule has 1 N–H and O–H groups in total. The number of aliphatic carboxylic acids is 1. The van der Waals surface area contributed by atoms with Crippen LogP contribution in [0.25, 0.3) is 0 Å². The maximum absolute atomic E-state index is 11.9. The van der Waals surface area contributed by atoms with E-state index in [4.69, 9.17) is 9.84 Å². The first-order valence-electron chi connectivity index (χ1n) is 5.73. The Morgan fingerprint density at radius 2 is 1.94 bits per heavy atom. The first-order chi connectivity index (χ1) is 8.02. The molecule has 6 nitrogen and oxygen atoms in total. The van der Waals surface area contributed by atoms with Gasteiger partial charge in [0.1, 0.15) is 6.54 Å². The molecule has 0 atom stereocenters. The molecule has 0 unspecified atom stereocenters. The molecule has 0 aliphatic carbocycles. The average molecular weight is 246 g/mol. The van der Waals surface area contributed by atoms with E-state index in [9.17, 15) is 9.59 Å². The standard InChI is InChI=1S/C11H22N2O4/c1-4-6-13(9-10(14)15)11(16)12(2)7-5-8-17-3/h4-9H2,1-3H3,(H,14,15). The van der Waals surface area contributed by atoms with Gasteiger partial charge in [0.05, 0.1) is 0 Å². The van der Waals surface area contributed by atoms with Crippen LogP contribution in [0, 0.1) is 0 Å². The van der Waals surface area contributed by atoms with E-state index in [1.165, 1.54) is 9.80 Å². The predicted octanol–water partition coefficient (Wildman–Crippen LogP) is 0.871. The van der Waals surface area contributed by atoms with Gasteiger partial charge in [-0.15, -0.1) is 0 Å². The van der Waals surface area contributed by atoms with E-state index < -0.39 is 5.97 Å². The Bertz CT molecular complexity index is 246. The van der Waals surface area contributed by atoms with Crippen LogP contribution in [0.15, 0.2) is 0 Å². The lowest BCUT2D eigenvalue weighted by atomic mass is 10.4. The van der Waals surface area contributed by atoms with Crippen molar-refractivity contribution in [3.05, 3.63) is 0 Å². The molecule has 0 bridgehead atoms. The Morgan fingerprint density at radius 3 is 2.41 bits per heavy atom.